The number of aromatic nitrogens is 1. The van der Waals surface area contributed by atoms with Gasteiger partial charge in [-0.1, -0.05) is 6.92 Å². The van der Waals surface area contributed by atoms with Crippen molar-refractivity contribution in [2.75, 3.05) is 17.3 Å². The van der Waals surface area contributed by atoms with Crippen LogP contribution in [0.15, 0.2) is 0 Å². The van der Waals surface area contributed by atoms with Crippen LogP contribution >= 0.6 is 23.1 Å². The third-order valence-corrected chi connectivity index (χ3v) is 6.42. The smallest absolute Gasteiger partial charge is 0.150 e. The molecule has 3 nitrogen and oxygen atoms in total. The second-order valence-electron chi connectivity index (χ2n) is 3.53. The molecule has 0 bridgehead atoms. The summed E-state index contributed by atoms with van der Waals surface area (Å²) in [5, 5.41) is 1.08. The molecule has 1 rings (SSSR count). The van der Waals surface area contributed by atoms with Crippen LogP contribution in [-0.4, -0.2) is 30.7 Å². The molecule has 1 aromatic rings. The van der Waals surface area contributed by atoms with Crippen molar-refractivity contribution in [1.82, 2.24) is 4.98 Å². The summed E-state index contributed by atoms with van der Waals surface area (Å²) in [6.07, 6.45) is 0. The van der Waals surface area contributed by atoms with Crippen molar-refractivity contribution in [2.24, 2.45) is 0 Å². The molecule has 0 amide bonds. The molecule has 0 aliphatic carbocycles. The van der Waals surface area contributed by atoms with Gasteiger partial charge in [0.15, 0.2) is 9.84 Å². The van der Waals surface area contributed by atoms with Gasteiger partial charge in [-0.15, -0.1) is 11.3 Å². The van der Waals surface area contributed by atoms with Gasteiger partial charge in [-0.3, -0.25) is 0 Å². The quantitative estimate of drug-likeness (QED) is 0.750. The summed E-state index contributed by atoms with van der Waals surface area (Å²) in [5.74, 6) is 2.07. The summed E-state index contributed by atoms with van der Waals surface area (Å²) in [4.78, 5) is 5.60. The zero-order valence-corrected chi connectivity index (χ0v) is 12.3. The minimum atomic E-state index is -2.81. The fourth-order valence-corrected chi connectivity index (χ4v) is 4.74. The molecule has 1 aromatic heterocycles. The molecule has 0 radical (unpaired) electrons. The van der Waals surface area contributed by atoms with E-state index in [1.54, 1.807) is 30.0 Å². The number of hydrogen-bond acceptors (Lipinski definition) is 5. The molecule has 6 heteroatoms. The fourth-order valence-electron chi connectivity index (χ4n) is 1.20. The Balaban J connectivity index is 2.34. The number of rotatable bonds is 6. The number of nitrogens with zero attached hydrogens (tertiary/aromatic N) is 1. The van der Waals surface area contributed by atoms with Crippen molar-refractivity contribution < 1.29 is 8.42 Å². The molecular weight excluding hydrogens is 262 g/mol. The van der Waals surface area contributed by atoms with E-state index in [-0.39, 0.29) is 11.5 Å². The van der Waals surface area contributed by atoms with E-state index >= 15 is 0 Å². The highest BCUT2D eigenvalue weighted by atomic mass is 32.2. The standard InChI is InChI=1S/C10H17NO2S3/c1-4-16(12,13)6-5-14-7-10-8(2)11-9(3)15-10/h4-7H2,1-3H3. The van der Waals surface area contributed by atoms with Crippen LogP contribution in [0.4, 0.5) is 0 Å². The van der Waals surface area contributed by atoms with Gasteiger partial charge in [0.1, 0.15) is 0 Å². The van der Waals surface area contributed by atoms with E-state index in [2.05, 4.69) is 4.98 Å². The number of thioether (sulfide) groups is 1. The number of thiazole rings is 1. The first-order valence-corrected chi connectivity index (χ1v) is 8.95. The van der Waals surface area contributed by atoms with Gasteiger partial charge in [0.25, 0.3) is 0 Å². The van der Waals surface area contributed by atoms with E-state index in [0.29, 0.717) is 5.75 Å². The largest absolute Gasteiger partial charge is 0.247 e. The average molecular weight is 279 g/mol. The van der Waals surface area contributed by atoms with Gasteiger partial charge in [0.2, 0.25) is 0 Å². The van der Waals surface area contributed by atoms with Crippen molar-refractivity contribution in [3.63, 3.8) is 0 Å². The maximum Gasteiger partial charge on any atom is 0.150 e. The zero-order chi connectivity index (χ0) is 12.2. The van der Waals surface area contributed by atoms with Crippen molar-refractivity contribution in [2.45, 2.75) is 26.5 Å². The first-order valence-electron chi connectivity index (χ1n) is 5.15. The minimum absolute atomic E-state index is 0.242. The van der Waals surface area contributed by atoms with Crippen molar-refractivity contribution in [1.29, 1.82) is 0 Å². The van der Waals surface area contributed by atoms with Gasteiger partial charge < -0.3 is 0 Å². The molecule has 92 valence electrons. The zero-order valence-electron chi connectivity index (χ0n) is 9.82. The van der Waals surface area contributed by atoms with Gasteiger partial charge in [0, 0.05) is 22.1 Å². The highest BCUT2D eigenvalue weighted by Crippen LogP contribution is 2.22. The second-order valence-corrected chi connectivity index (χ2v) is 8.40. The lowest BCUT2D eigenvalue weighted by Crippen LogP contribution is -2.10. The van der Waals surface area contributed by atoms with E-state index in [0.717, 1.165) is 16.5 Å². The molecule has 0 aliphatic rings. The maximum atomic E-state index is 11.3. The van der Waals surface area contributed by atoms with Gasteiger partial charge in [-0.05, 0) is 13.8 Å². The van der Waals surface area contributed by atoms with E-state index < -0.39 is 9.84 Å². The van der Waals surface area contributed by atoms with E-state index in [9.17, 15) is 8.42 Å². The number of hydrogen-bond donors (Lipinski definition) is 0. The highest BCUT2D eigenvalue weighted by molar-refractivity contribution is 8.00. The Morgan fingerprint density at radius 2 is 2.06 bits per heavy atom. The SMILES string of the molecule is CCS(=O)(=O)CCSCc1sc(C)nc1C. The van der Waals surface area contributed by atoms with Crippen LogP contribution in [0.2, 0.25) is 0 Å². The Labute approximate surface area is 106 Å². The van der Waals surface area contributed by atoms with E-state index in [1.165, 1.54) is 4.88 Å². The molecule has 0 N–H and O–H groups in total. The third kappa shape index (κ3) is 4.43. The molecule has 0 fully saturated rings. The van der Waals surface area contributed by atoms with Crippen LogP contribution in [-0.2, 0) is 15.6 Å². The minimum Gasteiger partial charge on any atom is -0.247 e. The van der Waals surface area contributed by atoms with Crippen LogP contribution in [0.25, 0.3) is 0 Å². The molecule has 0 unspecified atom stereocenters. The summed E-state index contributed by atoms with van der Waals surface area (Å²) >= 11 is 3.36. The van der Waals surface area contributed by atoms with Crippen molar-refractivity contribution >= 4 is 32.9 Å². The summed E-state index contributed by atoms with van der Waals surface area (Å²) < 4.78 is 22.5. The number of sulfone groups is 1. The molecule has 0 spiro atoms. The molecule has 0 aliphatic heterocycles. The van der Waals surface area contributed by atoms with Gasteiger partial charge >= 0.3 is 0 Å². The third-order valence-electron chi connectivity index (χ3n) is 2.21. The maximum absolute atomic E-state index is 11.3. The topological polar surface area (TPSA) is 47.0 Å². The van der Waals surface area contributed by atoms with E-state index in [4.69, 9.17) is 0 Å². The second kappa shape index (κ2) is 6.02. The predicted molar refractivity (Wildman–Crippen MR) is 72.1 cm³/mol. The Kier molecular flexibility index (Phi) is 5.27. The summed E-state index contributed by atoms with van der Waals surface area (Å²) in [6.45, 7) is 5.69. The molecule has 0 saturated heterocycles. The average Bonchev–Trinajstić information content (AvgIpc) is 2.52. The Morgan fingerprint density at radius 1 is 1.38 bits per heavy atom. The Morgan fingerprint density at radius 3 is 2.56 bits per heavy atom. The van der Waals surface area contributed by atoms with Crippen LogP contribution in [0.5, 0.6) is 0 Å². The lowest BCUT2D eigenvalue weighted by atomic mass is 10.4. The normalized spacial score (nSPS) is 11.9. The van der Waals surface area contributed by atoms with Crippen molar-refractivity contribution in [3.05, 3.63) is 15.6 Å². The van der Waals surface area contributed by atoms with Gasteiger partial charge in [-0.25, -0.2) is 13.4 Å². The van der Waals surface area contributed by atoms with Gasteiger partial charge in [0.05, 0.1) is 16.5 Å². The lowest BCUT2D eigenvalue weighted by Gasteiger charge is -2.01. The summed E-state index contributed by atoms with van der Waals surface area (Å²) in [6, 6.07) is 0. The molecule has 0 atom stereocenters. The molecule has 16 heavy (non-hydrogen) atoms. The first-order chi connectivity index (χ1) is 7.44. The van der Waals surface area contributed by atoms with Crippen LogP contribution in [0.1, 0.15) is 22.5 Å². The van der Waals surface area contributed by atoms with Crippen molar-refractivity contribution in [3.8, 4) is 0 Å². The number of aryl methyl sites for hydroxylation is 2. The van der Waals surface area contributed by atoms with Crippen LogP contribution in [0.3, 0.4) is 0 Å². The lowest BCUT2D eigenvalue weighted by molar-refractivity contribution is 0.599. The van der Waals surface area contributed by atoms with Crippen LogP contribution < -0.4 is 0 Å². The molecule has 0 saturated carbocycles. The monoisotopic (exact) mass is 279 g/mol. The molecule has 0 aromatic carbocycles. The summed E-state index contributed by atoms with van der Waals surface area (Å²) in [7, 11) is -2.81. The van der Waals surface area contributed by atoms with Gasteiger partial charge in [-0.2, -0.15) is 11.8 Å². The fraction of sp³-hybridized carbons (Fsp3) is 0.700. The van der Waals surface area contributed by atoms with Crippen LogP contribution in [0, 0.1) is 13.8 Å². The molecular formula is C10H17NO2S3. The predicted octanol–water partition coefficient (Wildman–Crippen LogP) is 2.43. The summed E-state index contributed by atoms with van der Waals surface area (Å²) in [5.41, 5.74) is 1.08. The first kappa shape index (κ1) is 14.0. The highest BCUT2D eigenvalue weighted by Gasteiger charge is 2.08. The Bertz CT molecular complexity index is 437. The van der Waals surface area contributed by atoms with E-state index in [1.807, 2.05) is 13.8 Å². The molecule has 1 heterocycles. The Hall–Kier alpha value is -0.0700.